The van der Waals surface area contributed by atoms with Gasteiger partial charge < -0.3 is 5.32 Å². The van der Waals surface area contributed by atoms with Crippen molar-refractivity contribution in [1.82, 2.24) is 5.32 Å². The molecule has 2 heteroatoms. The number of thioether (sulfide) groups is 1. The molecule has 0 radical (unpaired) electrons. The van der Waals surface area contributed by atoms with E-state index in [1.54, 1.807) is 5.57 Å². The molecular weight excluding hydrogens is 154 g/mol. The third-order valence-electron chi connectivity index (χ3n) is 1.88. The highest BCUT2D eigenvalue weighted by atomic mass is 32.2. The number of hydrogen-bond acceptors (Lipinski definition) is 2. The fourth-order valence-electron chi connectivity index (χ4n) is 1.24. The molecule has 0 spiro atoms. The standard InChI is InChI=1S/C9H17NS/c1-2-11-7-5-9-4-3-6-10-8-9/h4,10H,2-3,5-8H2,1H3. The van der Waals surface area contributed by atoms with Gasteiger partial charge in [0.1, 0.15) is 0 Å². The van der Waals surface area contributed by atoms with Crippen LogP contribution in [0.4, 0.5) is 0 Å². The minimum Gasteiger partial charge on any atom is -0.313 e. The zero-order valence-corrected chi connectivity index (χ0v) is 8.04. The van der Waals surface area contributed by atoms with Crippen LogP contribution < -0.4 is 5.32 Å². The molecule has 1 nitrogen and oxygen atoms in total. The summed E-state index contributed by atoms with van der Waals surface area (Å²) in [4.78, 5) is 0. The molecule has 0 saturated carbocycles. The molecule has 0 atom stereocenters. The second kappa shape index (κ2) is 5.67. The molecule has 1 heterocycles. The largest absolute Gasteiger partial charge is 0.313 e. The molecule has 0 aromatic rings. The van der Waals surface area contributed by atoms with Gasteiger partial charge in [0.15, 0.2) is 0 Å². The lowest BCUT2D eigenvalue weighted by atomic mass is 10.1. The molecule has 0 aromatic heterocycles. The zero-order valence-electron chi connectivity index (χ0n) is 7.23. The highest BCUT2D eigenvalue weighted by Crippen LogP contribution is 2.10. The van der Waals surface area contributed by atoms with Crippen molar-refractivity contribution in [2.75, 3.05) is 24.6 Å². The number of hydrogen-bond donors (Lipinski definition) is 1. The molecule has 1 aliphatic heterocycles. The van der Waals surface area contributed by atoms with Crippen LogP contribution in [0, 0.1) is 0 Å². The summed E-state index contributed by atoms with van der Waals surface area (Å²) in [5, 5.41) is 3.38. The molecule has 11 heavy (non-hydrogen) atoms. The van der Waals surface area contributed by atoms with Gasteiger partial charge in [-0.25, -0.2) is 0 Å². The first-order chi connectivity index (χ1) is 5.43. The zero-order chi connectivity index (χ0) is 7.94. The van der Waals surface area contributed by atoms with Gasteiger partial charge in [-0.05, 0) is 30.9 Å². The Bertz CT molecular complexity index is 132. The van der Waals surface area contributed by atoms with Crippen molar-refractivity contribution >= 4 is 11.8 Å². The van der Waals surface area contributed by atoms with Crippen LogP contribution in [0.2, 0.25) is 0 Å². The van der Waals surface area contributed by atoms with Gasteiger partial charge in [-0.2, -0.15) is 11.8 Å². The summed E-state index contributed by atoms with van der Waals surface area (Å²) in [6, 6.07) is 0. The lowest BCUT2D eigenvalue weighted by molar-refractivity contribution is 0.688. The van der Waals surface area contributed by atoms with Crippen molar-refractivity contribution in [3.63, 3.8) is 0 Å². The van der Waals surface area contributed by atoms with Crippen molar-refractivity contribution in [3.05, 3.63) is 11.6 Å². The average molecular weight is 171 g/mol. The summed E-state index contributed by atoms with van der Waals surface area (Å²) in [5.74, 6) is 2.55. The maximum atomic E-state index is 3.38. The van der Waals surface area contributed by atoms with E-state index in [-0.39, 0.29) is 0 Å². The van der Waals surface area contributed by atoms with Crippen molar-refractivity contribution in [1.29, 1.82) is 0 Å². The SMILES string of the molecule is CCSCCC1=CCCNC1. The summed E-state index contributed by atoms with van der Waals surface area (Å²) < 4.78 is 0. The molecule has 0 bridgehead atoms. The summed E-state index contributed by atoms with van der Waals surface area (Å²) in [5.41, 5.74) is 1.61. The Kier molecular flexibility index (Phi) is 4.71. The first-order valence-electron chi connectivity index (χ1n) is 4.40. The van der Waals surface area contributed by atoms with E-state index >= 15 is 0 Å². The first-order valence-corrected chi connectivity index (χ1v) is 5.55. The Labute approximate surface area is 73.6 Å². The van der Waals surface area contributed by atoms with Crippen molar-refractivity contribution < 1.29 is 0 Å². The summed E-state index contributed by atoms with van der Waals surface area (Å²) in [6.45, 7) is 4.52. The molecule has 0 aromatic carbocycles. The van der Waals surface area contributed by atoms with Gasteiger partial charge in [0.2, 0.25) is 0 Å². The quantitative estimate of drug-likeness (QED) is 0.513. The predicted molar refractivity (Wildman–Crippen MR) is 53.2 cm³/mol. The van der Waals surface area contributed by atoms with Crippen LogP contribution >= 0.6 is 11.8 Å². The molecule has 0 aliphatic carbocycles. The molecule has 0 fully saturated rings. The van der Waals surface area contributed by atoms with E-state index in [4.69, 9.17) is 0 Å². The minimum atomic E-state index is 1.13. The van der Waals surface area contributed by atoms with Gasteiger partial charge in [-0.1, -0.05) is 18.6 Å². The van der Waals surface area contributed by atoms with Crippen LogP contribution in [-0.2, 0) is 0 Å². The van der Waals surface area contributed by atoms with E-state index in [1.807, 2.05) is 11.8 Å². The normalized spacial score (nSPS) is 18.1. The van der Waals surface area contributed by atoms with E-state index < -0.39 is 0 Å². The van der Waals surface area contributed by atoms with Crippen LogP contribution in [0.5, 0.6) is 0 Å². The fraction of sp³-hybridized carbons (Fsp3) is 0.778. The lowest BCUT2D eigenvalue weighted by Gasteiger charge is -2.13. The fourth-order valence-corrected chi connectivity index (χ4v) is 1.93. The van der Waals surface area contributed by atoms with Gasteiger partial charge in [0.25, 0.3) is 0 Å². The number of nitrogens with one attached hydrogen (secondary N) is 1. The van der Waals surface area contributed by atoms with Crippen LogP contribution in [0.1, 0.15) is 19.8 Å². The topological polar surface area (TPSA) is 12.0 Å². The van der Waals surface area contributed by atoms with Gasteiger partial charge in [-0.3, -0.25) is 0 Å². The minimum absolute atomic E-state index is 1.13. The molecule has 1 N–H and O–H groups in total. The van der Waals surface area contributed by atoms with Crippen LogP contribution in [0.25, 0.3) is 0 Å². The Hall–Kier alpha value is 0.0500. The van der Waals surface area contributed by atoms with E-state index in [0.29, 0.717) is 0 Å². The van der Waals surface area contributed by atoms with Gasteiger partial charge in [0, 0.05) is 6.54 Å². The second-order valence-corrected chi connectivity index (χ2v) is 4.17. The summed E-state index contributed by atoms with van der Waals surface area (Å²) in [7, 11) is 0. The molecule has 64 valence electrons. The van der Waals surface area contributed by atoms with E-state index in [2.05, 4.69) is 18.3 Å². The average Bonchev–Trinajstić information content (AvgIpc) is 2.07. The Morgan fingerprint density at radius 2 is 2.55 bits per heavy atom. The van der Waals surface area contributed by atoms with E-state index in [9.17, 15) is 0 Å². The Morgan fingerprint density at radius 1 is 1.64 bits per heavy atom. The van der Waals surface area contributed by atoms with Crippen LogP contribution in [-0.4, -0.2) is 24.6 Å². The molecule has 0 unspecified atom stereocenters. The molecular formula is C9H17NS. The third-order valence-corrected chi connectivity index (χ3v) is 2.78. The van der Waals surface area contributed by atoms with Crippen LogP contribution in [0.15, 0.2) is 11.6 Å². The molecule has 1 aliphatic rings. The predicted octanol–water partition coefficient (Wildman–Crippen LogP) is 2.05. The van der Waals surface area contributed by atoms with Gasteiger partial charge in [0.05, 0.1) is 0 Å². The highest BCUT2D eigenvalue weighted by molar-refractivity contribution is 7.99. The Balaban J connectivity index is 2.09. The lowest BCUT2D eigenvalue weighted by Crippen LogP contribution is -2.22. The summed E-state index contributed by atoms with van der Waals surface area (Å²) >= 11 is 2.03. The number of rotatable bonds is 4. The smallest absolute Gasteiger partial charge is 0.0165 e. The van der Waals surface area contributed by atoms with Crippen molar-refractivity contribution in [2.24, 2.45) is 0 Å². The third kappa shape index (κ3) is 3.82. The Morgan fingerprint density at radius 3 is 3.18 bits per heavy atom. The van der Waals surface area contributed by atoms with Crippen molar-refractivity contribution in [3.8, 4) is 0 Å². The summed E-state index contributed by atoms with van der Waals surface area (Å²) in [6.07, 6.45) is 4.91. The maximum Gasteiger partial charge on any atom is 0.0165 e. The molecule has 0 saturated heterocycles. The van der Waals surface area contributed by atoms with Gasteiger partial charge in [-0.15, -0.1) is 0 Å². The van der Waals surface area contributed by atoms with Crippen LogP contribution in [0.3, 0.4) is 0 Å². The van der Waals surface area contributed by atoms with E-state index in [0.717, 1.165) is 6.54 Å². The van der Waals surface area contributed by atoms with Gasteiger partial charge >= 0.3 is 0 Å². The molecule has 1 rings (SSSR count). The van der Waals surface area contributed by atoms with E-state index in [1.165, 1.54) is 30.9 Å². The second-order valence-electron chi connectivity index (χ2n) is 2.77. The first kappa shape index (κ1) is 9.14. The highest BCUT2D eigenvalue weighted by Gasteiger charge is 2.01. The monoisotopic (exact) mass is 171 g/mol. The molecule has 0 amide bonds. The van der Waals surface area contributed by atoms with Crippen molar-refractivity contribution in [2.45, 2.75) is 19.8 Å². The maximum absolute atomic E-state index is 3.38.